The van der Waals surface area contributed by atoms with Crippen molar-refractivity contribution in [1.82, 2.24) is 4.98 Å². The Bertz CT molecular complexity index is 643. The van der Waals surface area contributed by atoms with Crippen LogP contribution < -0.4 is 11.1 Å². The van der Waals surface area contributed by atoms with E-state index in [9.17, 15) is 0 Å². The number of hydrogen-bond acceptors (Lipinski definition) is 4. The molecule has 0 atom stereocenters. The number of rotatable bonds is 4. The lowest BCUT2D eigenvalue weighted by atomic mass is 10.1. The summed E-state index contributed by atoms with van der Waals surface area (Å²) in [6.07, 6.45) is 1.62. The van der Waals surface area contributed by atoms with E-state index in [1.54, 1.807) is 12.3 Å². The number of nitrogens with two attached hydrogens (primary N) is 1. The SMILES string of the molecule is Cc1ccc(Cl)cc1NCc1ccnc(C(N)=NO)c1. The molecule has 20 heavy (non-hydrogen) atoms. The fourth-order valence-corrected chi connectivity index (χ4v) is 1.93. The molecule has 4 N–H and O–H groups in total. The molecule has 0 radical (unpaired) electrons. The van der Waals surface area contributed by atoms with Gasteiger partial charge in [-0.1, -0.05) is 22.8 Å². The first-order chi connectivity index (χ1) is 9.60. The highest BCUT2D eigenvalue weighted by Gasteiger charge is 2.03. The van der Waals surface area contributed by atoms with E-state index in [0.29, 0.717) is 17.3 Å². The fraction of sp³-hybridized carbons (Fsp3) is 0.143. The summed E-state index contributed by atoms with van der Waals surface area (Å²) in [4.78, 5) is 4.03. The molecule has 0 amide bonds. The van der Waals surface area contributed by atoms with Gasteiger partial charge in [0.2, 0.25) is 0 Å². The predicted octanol–water partition coefficient (Wildman–Crippen LogP) is 2.75. The van der Waals surface area contributed by atoms with Crippen molar-refractivity contribution in [2.24, 2.45) is 10.9 Å². The minimum atomic E-state index is -0.00853. The molecule has 0 aliphatic rings. The summed E-state index contributed by atoms with van der Waals surface area (Å²) < 4.78 is 0. The zero-order valence-corrected chi connectivity index (χ0v) is 11.7. The number of oxime groups is 1. The molecule has 0 aliphatic heterocycles. The standard InChI is InChI=1S/C14H15ClN4O/c1-9-2-3-11(15)7-12(9)18-8-10-4-5-17-13(6-10)14(16)19-20/h2-7,18,20H,8H2,1H3,(H2,16,19). The number of amidine groups is 1. The number of pyridine rings is 1. The molecule has 1 heterocycles. The van der Waals surface area contributed by atoms with Gasteiger partial charge in [-0.3, -0.25) is 4.98 Å². The van der Waals surface area contributed by atoms with E-state index in [1.165, 1.54) is 0 Å². The number of aromatic nitrogens is 1. The molecule has 0 saturated heterocycles. The Morgan fingerprint density at radius 1 is 1.40 bits per heavy atom. The average Bonchev–Trinajstić information content (AvgIpc) is 2.47. The van der Waals surface area contributed by atoms with Crippen LogP contribution in [0.2, 0.25) is 5.02 Å². The van der Waals surface area contributed by atoms with E-state index in [2.05, 4.69) is 15.5 Å². The van der Waals surface area contributed by atoms with E-state index in [1.807, 2.05) is 31.2 Å². The van der Waals surface area contributed by atoms with E-state index in [0.717, 1.165) is 16.8 Å². The summed E-state index contributed by atoms with van der Waals surface area (Å²) in [7, 11) is 0. The van der Waals surface area contributed by atoms with Crippen molar-refractivity contribution in [3.63, 3.8) is 0 Å². The third-order valence-corrected chi connectivity index (χ3v) is 3.11. The monoisotopic (exact) mass is 290 g/mol. The lowest BCUT2D eigenvalue weighted by Crippen LogP contribution is -2.15. The molecular weight excluding hydrogens is 276 g/mol. The number of nitrogens with one attached hydrogen (secondary N) is 1. The second-order valence-corrected chi connectivity index (χ2v) is 4.78. The highest BCUT2D eigenvalue weighted by Crippen LogP contribution is 2.20. The summed E-state index contributed by atoms with van der Waals surface area (Å²) in [5.41, 5.74) is 9.01. The number of halogens is 1. The van der Waals surface area contributed by atoms with Gasteiger partial charge in [-0.05, 0) is 42.3 Å². The smallest absolute Gasteiger partial charge is 0.188 e. The molecule has 5 nitrogen and oxygen atoms in total. The first kappa shape index (κ1) is 14.1. The van der Waals surface area contributed by atoms with Crippen LogP contribution in [0.25, 0.3) is 0 Å². The van der Waals surface area contributed by atoms with Gasteiger partial charge in [0, 0.05) is 23.5 Å². The third kappa shape index (κ3) is 3.39. The molecule has 0 bridgehead atoms. The van der Waals surface area contributed by atoms with Gasteiger partial charge in [-0.15, -0.1) is 0 Å². The summed E-state index contributed by atoms with van der Waals surface area (Å²) in [6, 6.07) is 9.32. The van der Waals surface area contributed by atoms with Crippen LogP contribution in [0.15, 0.2) is 41.7 Å². The fourth-order valence-electron chi connectivity index (χ4n) is 1.76. The quantitative estimate of drug-likeness (QED) is 0.350. The summed E-state index contributed by atoms with van der Waals surface area (Å²) >= 11 is 5.97. The van der Waals surface area contributed by atoms with Crippen LogP contribution in [-0.2, 0) is 6.54 Å². The van der Waals surface area contributed by atoms with E-state index < -0.39 is 0 Å². The lowest BCUT2D eigenvalue weighted by molar-refractivity contribution is 0.318. The van der Waals surface area contributed by atoms with Gasteiger partial charge >= 0.3 is 0 Å². The molecule has 104 valence electrons. The normalized spacial score (nSPS) is 11.4. The number of hydrogen-bond donors (Lipinski definition) is 3. The number of anilines is 1. The number of aryl methyl sites for hydroxylation is 1. The molecule has 1 aromatic heterocycles. The van der Waals surface area contributed by atoms with E-state index >= 15 is 0 Å². The third-order valence-electron chi connectivity index (χ3n) is 2.88. The van der Waals surface area contributed by atoms with Gasteiger partial charge < -0.3 is 16.3 Å². The highest BCUT2D eigenvalue weighted by molar-refractivity contribution is 6.30. The van der Waals surface area contributed by atoms with Gasteiger partial charge in [-0.25, -0.2) is 0 Å². The molecule has 0 unspecified atom stereocenters. The summed E-state index contributed by atoms with van der Waals surface area (Å²) in [5.74, 6) is -0.00853. The Kier molecular flexibility index (Phi) is 4.42. The Morgan fingerprint density at radius 3 is 2.95 bits per heavy atom. The van der Waals surface area contributed by atoms with Gasteiger partial charge in [0.15, 0.2) is 5.84 Å². The Hall–Kier alpha value is -2.27. The maximum Gasteiger partial charge on any atom is 0.188 e. The van der Waals surface area contributed by atoms with Crippen molar-refractivity contribution in [2.75, 3.05) is 5.32 Å². The van der Waals surface area contributed by atoms with Crippen LogP contribution in [0, 0.1) is 6.92 Å². The molecule has 6 heteroatoms. The van der Waals surface area contributed by atoms with Gasteiger partial charge in [0.1, 0.15) is 5.69 Å². The topological polar surface area (TPSA) is 83.5 Å². The van der Waals surface area contributed by atoms with Crippen LogP contribution in [0.3, 0.4) is 0 Å². The van der Waals surface area contributed by atoms with Crippen LogP contribution in [0.4, 0.5) is 5.69 Å². The zero-order valence-electron chi connectivity index (χ0n) is 11.0. The lowest BCUT2D eigenvalue weighted by Gasteiger charge is -2.10. The van der Waals surface area contributed by atoms with Crippen LogP contribution in [0.5, 0.6) is 0 Å². The molecule has 2 aromatic rings. The Morgan fingerprint density at radius 2 is 2.20 bits per heavy atom. The van der Waals surface area contributed by atoms with E-state index in [-0.39, 0.29) is 5.84 Å². The van der Waals surface area contributed by atoms with Crippen molar-refractivity contribution in [1.29, 1.82) is 0 Å². The minimum absolute atomic E-state index is 0.00853. The maximum atomic E-state index is 8.65. The van der Waals surface area contributed by atoms with Crippen LogP contribution in [0.1, 0.15) is 16.8 Å². The molecule has 0 saturated carbocycles. The number of nitrogens with zero attached hydrogens (tertiary/aromatic N) is 2. The summed E-state index contributed by atoms with van der Waals surface area (Å²) in [5, 5.41) is 15.6. The Labute approximate surface area is 122 Å². The largest absolute Gasteiger partial charge is 0.409 e. The Balaban J connectivity index is 2.13. The van der Waals surface area contributed by atoms with Crippen molar-refractivity contribution >= 4 is 23.1 Å². The first-order valence-corrected chi connectivity index (χ1v) is 6.41. The second-order valence-electron chi connectivity index (χ2n) is 4.35. The molecule has 0 aliphatic carbocycles. The van der Waals surface area contributed by atoms with E-state index in [4.69, 9.17) is 22.5 Å². The average molecular weight is 291 g/mol. The van der Waals surface area contributed by atoms with Crippen molar-refractivity contribution < 1.29 is 5.21 Å². The van der Waals surface area contributed by atoms with Crippen molar-refractivity contribution in [2.45, 2.75) is 13.5 Å². The second kappa shape index (κ2) is 6.25. The van der Waals surface area contributed by atoms with Gasteiger partial charge in [0.05, 0.1) is 0 Å². The van der Waals surface area contributed by atoms with Crippen molar-refractivity contribution in [3.05, 3.63) is 58.4 Å². The first-order valence-electron chi connectivity index (χ1n) is 6.03. The molecular formula is C14H15ClN4O. The zero-order chi connectivity index (χ0) is 14.5. The molecule has 2 rings (SSSR count). The highest BCUT2D eigenvalue weighted by atomic mass is 35.5. The minimum Gasteiger partial charge on any atom is -0.409 e. The van der Waals surface area contributed by atoms with Gasteiger partial charge in [-0.2, -0.15) is 0 Å². The molecule has 0 spiro atoms. The molecule has 1 aromatic carbocycles. The van der Waals surface area contributed by atoms with Crippen LogP contribution >= 0.6 is 11.6 Å². The predicted molar refractivity (Wildman–Crippen MR) is 80.3 cm³/mol. The van der Waals surface area contributed by atoms with Gasteiger partial charge in [0.25, 0.3) is 0 Å². The van der Waals surface area contributed by atoms with Crippen molar-refractivity contribution in [3.8, 4) is 0 Å². The number of benzene rings is 1. The molecule has 0 fully saturated rings. The summed E-state index contributed by atoms with van der Waals surface area (Å²) in [6.45, 7) is 2.60. The van der Waals surface area contributed by atoms with Crippen LogP contribution in [-0.4, -0.2) is 16.0 Å². The maximum absolute atomic E-state index is 8.65.